The summed E-state index contributed by atoms with van der Waals surface area (Å²) >= 11 is 0. The molecule has 0 fully saturated rings. The van der Waals surface area contributed by atoms with Crippen LogP contribution in [0, 0.1) is 5.82 Å². The standard InChI is InChI=1S/C21H20FN5O2S/c1-13(2)17-11-24-27-9-8-14(10-19(17)27)20-18(22)12-23-21(26-20)25-15-4-6-16(7-5-15)30(3,28)29/h4-13H,1-3H3,(H,23,25,26). The van der Waals surface area contributed by atoms with Crippen LogP contribution in [-0.2, 0) is 9.84 Å². The van der Waals surface area contributed by atoms with Gasteiger partial charge in [-0.2, -0.15) is 5.10 Å². The van der Waals surface area contributed by atoms with Gasteiger partial charge in [0.25, 0.3) is 0 Å². The number of nitrogens with zero attached hydrogens (tertiary/aromatic N) is 4. The molecule has 1 aromatic carbocycles. The van der Waals surface area contributed by atoms with Crippen LogP contribution < -0.4 is 5.32 Å². The van der Waals surface area contributed by atoms with Gasteiger partial charge < -0.3 is 5.32 Å². The van der Waals surface area contributed by atoms with E-state index >= 15 is 0 Å². The van der Waals surface area contributed by atoms with E-state index in [1.807, 2.05) is 12.3 Å². The summed E-state index contributed by atoms with van der Waals surface area (Å²) in [4.78, 5) is 8.54. The van der Waals surface area contributed by atoms with Gasteiger partial charge >= 0.3 is 0 Å². The molecule has 0 amide bonds. The Hall–Kier alpha value is -3.33. The first kappa shape index (κ1) is 20.0. The quantitative estimate of drug-likeness (QED) is 0.515. The molecule has 0 aliphatic carbocycles. The van der Waals surface area contributed by atoms with E-state index in [0.29, 0.717) is 11.3 Å². The number of pyridine rings is 1. The highest BCUT2D eigenvalue weighted by Crippen LogP contribution is 2.27. The normalized spacial score (nSPS) is 11.9. The van der Waals surface area contributed by atoms with Gasteiger partial charge in [0.2, 0.25) is 5.95 Å². The molecule has 0 radical (unpaired) electrons. The van der Waals surface area contributed by atoms with Crippen molar-refractivity contribution in [2.24, 2.45) is 0 Å². The zero-order valence-corrected chi connectivity index (χ0v) is 17.5. The summed E-state index contributed by atoms with van der Waals surface area (Å²) < 4.78 is 39.4. The molecule has 0 atom stereocenters. The van der Waals surface area contributed by atoms with Crippen LogP contribution in [-0.4, -0.2) is 34.3 Å². The fourth-order valence-corrected chi connectivity index (χ4v) is 3.77. The number of hydrogen-bond donors (Lipinski definition) is 1. The molecule has 3 aromatic heterocycles. The second-order valence-corrected chi connectivity index (χ2v) is 9.33. The highest BCUT2D eigenvalue weighted by Gasteiger charge is 2.14. The zero-order chi connectivity index (χ0) is 21.5. The molecule has 0 spiro atoms. The smallest absolute Gasteiger partial charge is 0.227 e. The van der Waals surface area contributed by atoms with Crippen molar-refractivity contribution < 1.29 is 12.8 Å². The van der Waals surface area contributed by atoms with E-state index in [4.69, 9.17) is 0 Å². The van der Waals surface area contributed by atoms with Gasteiger partial charge in [-0.15, -0.1) is 0 Å². The molecule has 0 saturated heterocycles. The molecule has 0 unspecified atom stereocenters. The van der Waals surface area contributed by atoms with Gasteiger partial charge in [-0.1, -0.05) is 13.8 Å². The topological polar surface area (TPSA) is 89.2 Å². The summed E-state index contributed by atoms with van der Waals surface area (Å²) in [6.45, 7) is 4.15. The fourth-order valence-electron chi connectivity index (χ4n) is 3.14. The van der Waals surface area contributed by atoms with Crippen LogP contribution in [0.15, 0.2) is 59.9 Å². The fraction of sp³-hybridized carbons (Fsp3) is 0.190. The predicted octanol–water partition coefficient (Wildman–Crippen LogP) is 4.20. The summed E-state index contributed by atoms with van der Waals surface area (Å²) in [6, 6.07) is 9.80. The second-order valence-electron chi connectivity index (χ2n) is 7.31. The van der Waals surface area contributed by atoms with E-state index in [2.05, 4.69) is 34.2 Å². The van der Waals surface area contributed by atoms with Crippen molar-refractivity contribution in [3.8, 4) is 11.3 Å². The maximum absolute atomic E-state index is 14.5. The Morgan fingerprint density at radius 2 is 1.83 bits per heavy atom. The Bertz CT molecular complexity index is 1330. The van der Waals surface area contributed by atoms with Crippen molar-refractivity contribution >= 4 is 27.0 Å². The number of rotatable bonds is 5. The highest BCUT2D eigenvalue weighted by atomic mass is 32.2. The molecule has 1 N–H and O–H groups in total. The summed E-state index contributed by atoms with van der Waals surface area (Å²) in [5.74, 6) is -0.0564. The number of fused-ring (bicyclic) bond motifs is 1. The van der Waals surface area contributed by atoms with Crippen molar-refractivity contribution in [2.75, 3.05) is 11.6 Å². The second kappa shape index (κ2) is 7.49. The van der Waals surface area contributed by atoms with Gasteiger partial charge in [-0.25, -0.2) is 27.3 Å². The molecule has 9 heteroatoms. The molecule has 0 saturated carbocycles. The average Bonchev–Trinajstić information content (AvgIpc) is 3.12. The van der Waals surface area contributed by atoms with Gasteiger partial charge in [-0.3, -0.25) is 0 Å². The molecule has 0 aliphatic heterocycles. The predicted molar refractivity (Wildman–Crippen MR) is 113 cm³/mol. The first-order chi connectivity index (χ1) is 14.2. The van der Waals surface area contributed by atoms with Gasteiger partial charge in [0, 0.05) is 29.3 Å². The maximum Gasteiger partial charge on any atom is 0.227 e. The minimum Gasteiger partial charge on any atom is -0.324 e. The van der Waals surface area contributed by atoms with Crippen LogP contribution in [0.3, 0.4) is 0 Å². The SMILES string of the molecule is CC(C)c1cnn2ccc(-c3nc(Nc4ccc(S(C)(=O)=O)cc4)ncc3F)cc12. The number of anilines is 2. The first-order valence-electron chi connectivity index (χ1n) is 9.30. The minimum atomic E-state index is -3.28. The number of aromatic nitrogens is 4. The summed E-state index contributed by atoms with van der Waals surface area (Å²) in [5, 5.41) is 7.31. The van der Waals surface area contributed by atoms with Crippen molar-refractivity contribution in [3.63, 3.8) is 0 Å². The molecule has 30 heavy (non-hydrogen) atoms. The molecule has 154 valence electrons. The van der Waals surface area contributed by atoms with E-state index < -0.39 is 15.7 Å². The maximum atomic E-state index is 14.5. The Morgan fingerprint density at radius 1 is 1.10 bits per heavy atom. The van der Waals surface area contributed by atoms with E-state index in [0.717, 1.165) is 23.5 Å². The van der Waals surface area contributed by atoms with Crippen molar-refractivity contribution in [1.82, 2.24) is 19.6 Å². The van der Waals surface area contributed by atoms with Crippen molar-refractivity contribution in [2.45, 2.75) is 24.7 Å². The Labute approximate surface area is 173 Å². The van der Waals surface area contributed by atoms with Crippen LogP contribution in [0.5, 0.6) is 0 Å². The summed E-state index contributed by atoms with van der Waals surface area (Å²) in [6.07, 6.45) is 5.84. The van der Waals surface area contributed by atoms with E-state index in [9.17, 15) is 12.8 Å². The van der Waals surface area contributed by atoms with Gasteiger partial charge in [0.05, 0.1) is 22.8 Å². The van der Waals surface area contributed by atoms with E-state index in [1.165, 1.54) is 12.1 Å². The molecular weight excluding hydrogens is 405 g/mol. The number of sulfone groups is 1. The molecule has 0 bridgehead atoms. The highest BCUT2D eigenvalue weighted by molar-refractivity contribution is 7.90. The number of hydrogen-bond acceptors (Lipinski definition) is 6. The van der Waals surface area contributed by atoms with E-state index in [1.54, 1.807) is 28.9 Å². The lowest BCUT2D eigenvalue weighted by molar-refractivity contribution is 0.602. The summed E-state index contributed by atoms with van der Waals surface area (Å²) in [7, 11) is -3.28. The lowest BCUT2D eigenvalue weighted by Gasteiger charge is -2.09. The monoisotopic (exact) mass is 425 g/mol. The van der Waals surface area contributed by atoms with E-state index in [-0.39, 0.29) is 22.5 Å². The number of nitrogens with one attached hydrogen (secondary N) is 1. The van der Waals surface area contributed by atoms with Crippen LogP contribution in [0.25, 0.3) is 16.8 Å². The largest absolute Gasteiger partial charge is 0.324 e. The summed E-state index contributed by atoms with van der Waals surface area (Å²) in [5.41, 5.74) is 3.33. The molecular formula is C21H20FN5O2S. The minimum absolute atomic E-state index is 0.165. The average molecular weight is 425 g/mol. The Balaban J connectivity index is 1.68. The molecule has 4 aromatic rings. The van der Waals surface area contributed by atoms with Crippen LogP contribution in [0.2, 0.25) is 0 Å². The van der Waals surface area contributed by atoms with Gasteiger partial charge in [0.15, 0.2) is 15.7 Å². The third-order valence-electron chi connectivity index (χ3n) is 4.73. The number of benzene rings is 1. The molecule has 0 aliphatic rings. The van der Waals surface area contributed by atoms with Gasteiger partial charge in [0.1, 0.15) is 5.69 Å². The van der Waals surface area contributed by atoms with Crippen LogP contribution in [0.4, 0.5) is 16.0 Å². The Morgan fingerprint density at radius 3 is 2.50 bits per heavy atom. The molecule has 4 rings (SSSR count). The third-order valence-corrected chi connectivity index (χ3v) is 5.86. The third kappa shape index (κ3) is 3.88. The van der Waals surface area contributed by atoms with Crippen molar-refractivity contribution in [1.29, 1.82) is 0 Å². The molecule has 7 nitrogen and oxygen atoms in total. The van der Waals surface area contributed by atoms with Gasteiger partial charge in [-0.05, 0) is 42.3 Å². The Kier molecular flexibility index (Phi) is 4.98. The lowest BCUT2D eigenvalue weighted by atomic mass is 10.0. The van der Waals surface area contributed by atoms with Crippen molar-refractivity contribution in [3.05, 3.63) is 66.4 Å². The number of halogens is 1. The van der Waals surface area contributed by atoms with Crippen LogP contribution in [0.1, 0.15) is 25.3 Å². The zero-order valence-electron chi connectivity index (χ0n) is 16.7. The van der Waals surface area contributed by atoms with Crippen LogP contribution >= 0.6 is 0 Å². The first-order valence-corrected chi connectivity index (χ1v) is 11.2. The lowest BCUT2D eigenvalue weighted by Crippen LogP contribution is -2.02. The molecule has 3 heterocycles.